The maximum absolute atomic E-state index is 12.1. The normalized spacial score (nSPS) is 11.9. The zero-order valence-corrected chi connectivity index (χ0v) is 14.9. The van der Waals surface area contributed by atoms with Gasteiger partial charge in [-0.2, -0.15) is 4.99 Å². The van der Waals surface area contributed by atoms with Gasteiger partial charge in [-0.05, 0) is 37.1 Å². The molecule has 3 rings (SSSR count). The first kappa shape index (κ1) is 16.5. The monoisotopic (exact) mass is 340 g/mol. The highest BCUT2D eigenvalue weighted by Gasteiger charge is 2.09. The molecule has 2 aromatic carbocycles. The van der Waals surface area contributed by atoms with Crippen molar-refractivity contribution in [3.8, 4) is 5.75 Å². The number of fused-ring (bicyclic) bond motifs is 1. The second-order valence-corrected chi connectivity index (χ2v) is 6.72. The number of benzene rings is 2. The number of hydrogen-bond acceptors (Lipinski definition) is 3. The third-order valence-electron chi connectivity index (χ3n) is 3.89. The first-order valence-electron chi connectivity index (χ1n) is 7.87. The smallest absolute Gasteiger partial charge is 0.251 e. The molecule has 0 aliphatic heterocycles. The fourth-order valence-corrected chi connectivity index (χ4v) is 3.79. The lowest BCUT2D eigenvalue weighted by Gasteiger charge is -2.03. The van der Waals surface area contributed by atoms with E-state index < -0.39 is 0 Å². The molecule has 1 aromatic heterocycles. The van der Waals surface area contributed by atoms with Crippen LogP contribution in [0, 0.1) is 13.8 Å². The number of carbonyl (C=O) groups is 1. The van der Waals surface area contributed by atoms with E-state index in [2.05, 4.69) is 31.0 Å². The Balaban J connectivity index is 1.77. The van der Waals surface area contributed by atoms with E-state index in [1.807, 2.05) is 41.9 Å². The Labute approximate surface area is 145 Å². The van der Waals surface area contributed by atoms with E-state index in [9.17, 15) is 4.79 Å². The number of para-hydroxylation sites is 1. The van der Waals surface area contributed by atoms with Crippen molar-refractivity contribution in [1.82, 2.24) is 4.57 Å². The number of hydrogen-bond donors (Lipinski definition) is 0. The van der Waals surface area contributed by atoms with Gasteiger partial charge in [0, 0.05) is 7.05 Å². The van der Waals surface area contributed by atoms with Gasteiger partial charge in [-0.1, -0.05) is 41.7 Å². The van der Waals surface area contributed by atoms with Gasteiger partial charge in [0.2, 0.25) is 0 Å². The molecule has 0 unspecified atom stereocenters. The van der Waals surface area contributed by atoms with Crippen LogP contribution in [0.15, 0.2) is 47.5 Å². The van der Waals surface area contributed by atoms with Gasteiger partial charge in [-0.3, -0.25) is 4.79 Å². The Morgan fingerprint density at radius 1 is 1.12 bits per heavy atom. The molecule has 0 bridgehead atoms. The summed E-state index contributed by atoms with van der Waals surface area (Å²) in [4.78, 5) is 17.1. The number of aryl methyl sites for hydroxylation is 3. The summed E-state index contributed by atoms with van der Waals surface area (Å²) in [6, 6.07) is 13.7. The van der Waals surface area contributed by atoms with Gasteiger partial charge in [-0.25, -0.2) is 0 Å². The zero-order chi connectivity index (χ0) is 17.1. The Morgan fingerprint density at radius 3 is 2.54 bits per heavy atom. The fraction of sp³-hybridized carbons (Fsp3) is 0.263. The zero-order valence-electron chi connectivity index (χ0n) is 14.1. The summed E-state index contributed by atoms with van der Waals surface area (Å²) in [7, 11) is 1.96. The van der Waals surface area contributed by atoms with E-state index in [-0.39, 0.29) is 12.3 Å². The van der Waals surface area contributed by atoms with E-state index in [0.717, 1.165) is 16.1 Å². The molecule has 5 heteroatoms. The van der Waals surface area contributed by atoms with Gasteiger partial charge in [-0.15, -0.1) is 0 Å². The summed E-state index contributed by atoms with van der Waals surface area (Å²) in [5, 5.41) is 0. The lowest BCUT2D eigenvalue weighted by atomic mass is 10.1. The summed E-state index contributed by atoms with van der Waals surface area (Å²) < 4.78 is 8.74. The lowest BCUT2D eigenvalue weighted by Crippen LogP contribution is -2.14. The molecule has 1 heterocycles. The average molecular weight is 340 g/mol. The van der Waals surface area contributed by atoms with Gasteiger partial charge in [0.25, 0.3) is 5.91 Å². The molecule has 0 N–H and O–H groups in total. The molecule has 0 saturated carbocycles. The Bertz CT molecular complexity index is 939. The third kappa shape index (κ3) is 3.41. The number of nitrogens with zero attached hydrogens (tertiary/aromatic N) is 2. The third-order valence-corrected chi connectivity index (χ3v) is 5.16. The maximum Gasteiger partial charge on any atom is 0.251 e. The van der Waals surface area contributed by atoms with E-state index in [1.54, 1.807) is 11.3 Å². The van der Waals surface area contributed by atoms with Gasteiger partial charge in [0.15, 0.2) is 4.80 Å². The topological polar surface area (TPSA) is 43.6 Å². The summed E-state index contributed by atoms with van der Waals surface area (Å²) in [6.07, 6.45) is 0.265. The number of aromatic nitrogens is 1. The first-order chi connectivity index (χ1) is 11.6. The van der Waals surface area contributed by atoms with E-state index in [4.69, 9.17) is 4.74 Å². The molecular weight excluding hydrogens is 320 g/mol. The first-order valence-corrected chi connectivity index (χ1v) is 8.69. The SMILES string of the molecule is Cc1ccc(C)c2c1sc(=NC(=O)CCOc1ccccc1)n2C. The minimum atomic E-state index is -0.164. The molecule has 4 nitrogen and oxygen atoms in total. The van der Waals surface area contributed by atoms with Crippen molar-refractivity contribution in [2.75, 3.05) is 6.61 Å². The van der Waals surface area contributed by atoms with Crippen molar-refractivity contribution in [3.05, 3.63) is 58.4 Å². The highest BCUT2D eigenvalue weighted by atomic mass is 32.1. The quantitative estimate of drug-likeness (QED) is 0.726. The average Bonchev–Trinajstić information content (AvgIpc) is 2.90. The van der Waals surface area contributed by atoms with Crippen molar-refractivity contribution in [2.24, 2.45) is 12.0 Å². The molecule has 0 atom stereocenters. The minimum Gasteiger partial charge on any atom is -0.493 e. The maximum atomic E-state index is 12.1. The van der Waals surface area contributed by atoms with Gasteiger partial charge < -0.3 is 9.30 Å². The van der Waals surface area contributed by atoms with Crippen LogP contribution in [0.25, 0.3) is 10.2 Å². The van der Waals surface area contributed by atoms with Crippen molar-refractivity contribution in [1.29, 1.82) is 0 Å². The molecular formula is C19H20N2O2S. The summed E-state index contributed by atoms with van der Waals surface area (Å²) in [5.41, 5.74) is 3.54. The van der Waals surface area contributed by atoms with E-state index in [0.29, 0.717) is 6.61 Å². The Kier molecular flexibility index (Phi) is 4.81. The van der Waals surface area contributed by atoms with Crippen LogP contribution in [0.3, 0.4) is 0 Å². The fourth-order valence-electron chi connectivity index (χ4n) is 2.60. The van der Waals surface area contributed by atoms with Crippen LogP contribution in [0.2, 0.25) is 0 Å². The van der Waals surface area contributed by atoms with Crippen molar-refractivity contribution in [3.63, 3.8) is 0 Å². The predicted octanol–water partition coefficient (Wildman–Crippen LogP) is 3.75. The highest BCUT2D eigenvalue weighted by Crippen LogP contribution is 2.24. The number of carbonyl (C=O) groups excluding carboxylic acids is 1. The van der Waals surface area contributed by atoms with E-state index >= 15 is 0 Å². The van der Waals surface area contributed by atoms with Crippen LogP contribution in [-0.4, -0.2) is 17.1 Å². The molecule has 0 spiro atoms. The number of thiazole rings is 1. The second-order valence-electron chi connectivity index (χ2n) is 5.74. The van der Waals surface area contributed by atoms with Crippen molar-refractivity contribution >= 4 is 27.5 Å². The minimum absolute atomic E-state index is 0.164. The lowest BCUT2D eigenvalue weighted by molar-refractivity contribution is -0.118. The second kappa shape index (κ2) is 7.01. The van der Waals surface area contributed by atoms with Crippen molar-refractivity contribution < 1.29 is 9.53 Å². The van der Waals surface area contributed by atoms with E-state index in [1.165, 1.54) is 15.8 Å². The standard InChI is InChI=1S/C19H20N2O2S/c1-13-9-10-14(2)18-17(13)21(3)19(24-18)20-16(22)11-12-23-15-7-5-4-6-8-15/h4-10H,11-12H2,1-3H3. The molecule has 0 fully saturated rings. The molecule has 0 aliphatic carbocycles. The molecule has 0 aliphatic rings. The Morgan fingerprint density at radius 2 is 1.83 bits per heavy atom. The highest BCUT2D eigenvalue weighted by molar-refractivity contribution is 7.16. The molecule has 0 saturated heterocycles. The summed E-state index contributed by atoms with van der Waals surface area (Å²) >= 11 is 1.56. The van der Waals surface area contributed by atoms with Crippen LogP contribution < -0.4 is 9.54 Å². The number of rotatable bonds is 4. The molecule has 0 radical (unpaired) electrons. The van der Waals surface area contributed by atoms with Crippen LogP contribution >= 0.6 is 11.3 Å². The summed E-state index contributed by atoms with van der Waals surface area (Å²) in [5.74, 6) is 0.604. The Hall–Kier alpha value is -2.40. The molecule has 124 valence electrons. The molecule has 1 amide bonds. The van der Waals surface area contributed by atoms with Gasteiger partial charge in [0.1, 0.15) is 5.75 Å². The molecule has 3 aromatic rings. The predicted molar refractivity (Wildman–Crippen MR) is 97.4 cm³/mol. The van der Waals surface area contributed by atoms with Crippen LogP contribution in [0.4, 0.5) is 0 Å². The van der Waals surface area contributed by atoms with Crippen LogP contribution in [0.5, 0.6) is 5.75 Å². The summed E-state index contributed by atoms with van der Waals surface area (Å²) in [6.45, 7) is 4.49. The number of amides is 1. The molecule has 24 heavy (non-hydrogen) atoms. The van der Waals surface area contributed by atoms with Crippen LogP contribution in [0.1, 0.15) is 17.5 Å². The van der Waals surface area contributed by atoms with Crippen LogP contribution in [-0.2, 0) is 11.8 Å². The largest absolute Gasteiger partial charge is 0.493 e. The van der Waals surface area contributed by atoms with Crippen molar-refractivity contribution in [2.45, 2.75) is 20.3 Å². The van der Waals surface area contributed by atoms with Gasteiger partial charge >= 0.3 is 0 Å². The van der Waals surface area contributed by atoms with Gasteiger partial charge in [0.05, 0.1) is 23.2 Å². The number of ether oxygens (including phenoxy) is 1.